The lowest BCUT2D eigenvalue weighted by atomic mass is 10.3. The van der Waals surface area contributed by atoms with Crippen molar-refractivity contribution in [3.05, 3.63) is 46.9 Å². The first-order chi connectivity index (χ1) is 9.61. The minimum absolute atomic E-state index is 0.0968. The molecular formula is C14H14N4OS. The molecule has 0 unspecified atom stereocenters. The normalized spacial score (nSPS) is 10.9. The number of pyridine rings is 1. The minimum atomic E-state index is -0.0968. The summed E-state index contributed by atoms with van der Waals surface area (Å²) in [5.74, 6) is -0.0968. The number of amides is 1. The summed E-state index contributed by atoms with van der Waals surface area (Å²) < 4.78 is 1.94. The van der Waals surface area contributed by atoms with Gasteiger partial charge in [0.25, 0.3) is 0 Å². The highest BCUT2D eigenvalue weighted by Crippen LogP contribution is 2.15. The number of hydrogen-bond acceptors (Lipinski definition) is 4. The molecule has 0 spiro atoms. The number of hydrogen-bond donors (Lipinski definition) is 1. The average Bonchev–Trinajstić information content (AvgIpc) is 2.96. The summed E-state index contributed by atoms with van der Waals surface area (Å²) >= 11 is 1.43. The lowest BCUT2D eigenvalue weighted by Gasteiger charge is -1.98. The van der Waals surface area contributed by atoms with E-state index < -0.39 is 0 Å². The Morgan fingerprint density at radius 2 is 2.25 bits per heavy atom. The van der Waals surface area contributed by atoms with Crippen LogP contribution in [0.15, 0.2) is 29.9 Å². The lowest BCUT2D eigenvalue weighted by molar-refractivity contribution is -0.115. The molecule has 0 bridgehead atoms. The van der Waals surface area contributed by atoms with Gasteiger partial charge in [0, 0.05) is 17.8 Å². The van der Waals surface area contributed by atoms with Crippen LogP contribution < -0.4 is 5.32 Å². The second-order valence-electron chi connectivity index (χ2n) is 4.67. The van der Waals surface area contributed by atoms with Crippen LogP contribution in [0.3, 0.4) is 0 Å². The summed E-state index contributed by atoms with van der Waals surface area (Å²) in [4.78, 5) is 20.7. The van der Waals surface area contributed by atoms with Crippen molar-refractivity contribution in [1.82, 2.24) is 14.4 Å². The summed E-state index contributed by atoms with van der Waals surface area (Å²) in [5.41, 5.74) is 3.65. The third kappa shape index (κ3) is 2.55. The van der Waals surface area contributed by atoms with Crippen LogP contribution in [0, 0.1) is 13.8 Å². The minimum Gasteiger partial charge on any atom is -0.307 e. The van der Waals surface area contributed by atoms with E-state index in [4.69, 9.17) is 0 Å². The topological polar surface area (TPSA) is 59.3 Å². The Bertz CT molecular complexity index is 774. The van der Waals surface area contributed by atoms with Crippen molar-refractivity contribution in [2.75, 3.05) is 5.32 Å². The zero-order valence-corrected chi connectivity index (χ0v) is 12.1. The summed E-state index contributed by atoms with van der Waals surface area (Å²) in [6.07, 6.45) is 4.07. The van der Waals surface area contributed by atoms with Gasteiger partial charge < -0.3 is 9.72 Å². The van der Waals surface area contributed by atoms with E-state index in [2.05, 4.69) is 15.3 Å². The van der Waals surface area contributed by atoms with Crippen LogP contribution in [0.2, 0.25) is 0 Å². The zero-order chi connectivity index (χ0) is 14.1. The first-order valence-corrected chi connectivity index (χ1v) is 7.15. The Kier molecular flexibility index (Phi) is 3.23. The van der Waals surface area contributed by atoms with Crippen LogP contribution in [0.5, 0.6) is 0 Å². The second-order valence-corrected chi connectivity index (χ2v) is 5.53. The molecule has 0 aliphatic rings. The van der Waals surface area contributed by atoms with Crippen LogP contribution in [-0.2, 0) is 11.2 Å². The summed E-state index contributed by atoms with van der Waals surface area (Å²) in [6.45, 7) is 3.90. The molecule has 0 radical (unpaired) electrons. The molecule has 0 atom stereocenters. The fourth-order valence-electron chi connectivity index (χ4n) is 2.03. The first-order valence-electron chi connectivity index (χ1n) is 6.27. The molecule has 6 heteroatoms. The molecule has 0 aliphatic heterocycles. The molecular weight excluding hydrogens is 272 g/mol. The van der Waals surface area contributed by atoms with Gasteiger partial charge in [-0.15, -0.1) is 11.3 Å². The smallest absolute Gasteiger partial charge is 0.232 e. The van der Waals surface area contributed by atoms with Gasteiger partial charge in [-0.05, 0) is 25.5 Å². The first kappa shape index (κ1) is 12.8. The highest BCUT2D eigenvalue weighted by atomic mass is 32.1. The number of carbonyl (C=O) groups is 1. The predicted molar refractivity (Wildman–Crippen MR) is 79.1 cm³/mol. The van der Waals surface area contributed by atoms with E-state index >= 15 is 0 Å². The molecule has 0 fully saturated rings. The van der Waals surface area contributed by atoms with Crippen molar-refractivity contribution in [3.63, 3.8) is 0 Å². The Morgan fingerprint density at radius 1 is 1.40 bits per heavy atom. The number of nitrogens with zero attached hydrogens (tertiary/aromatic N) is 3. The van der Waals surface area contributed by atoms with Crippen molar-refractivity contribution in [2.45, 2.75) is 20.3 Å². The number of carbonyl (C=O) groups excluding carboxylic acids is 1. The van der Waals surface area contributed by atoms with Crippen LogP contribution in [0.4, 0.5) is 5.13 Å². The summed E-state index contributed by atoms with van der Waals surface area (Å²) in [5, 5.41) is 5.33. The van der Waals surface area contributed by atoms with Crippen molar-refractivity contribution in [2.24, 2.45) is 0 Å². The Hall–Kier alpha value is -2.21. The molecule has 0 saturated heterocycles. The molecule has 3 heterocycles. The van der Waals surface area contributed by atoms with E-state index in [9.17, 15) is 4.79 Å². The van der Waals surface area contributed by atoms with Crippen molar-refractivity contribution in [3.8, 4) is 0 Å². The number of thiazole rings is 1. The van der Waals surface area contributed by atoms with Gasteiger partial charge in [-0.25, -0.2) is 9.97 Å². The predicted octanol–water partition coefficient (Wildman–Crippen LogP) is 2.59. The quantitative estimate of drug-likeness (QED) is 0.805. The Labute approximate surface area is 120 Å². The SMILES string of the molecule is Cc1csc(NC(=O)Cc2cn3cccc(C)c3n2)n1. The number of rotatable bonds is 3. The molecule has 5 nitrogen and oxygen atoms in total. The fraction of sp³-hybridized carbons (Fsp3) is 0.214. The van der Waals surface area contributed by atoms with E-state index in [1.54, 1.807) is 0 Å². The fourth-order valence-corrected chi connectivity index (χ4v) is 2.73. The molecule has 0 aromatic carbocycles. The number of nitrogens with one attached hydrogen (secondary N) is 1. The summed E-state index contributed by atoms with van der Waals surface area (Å²) in [7, 11) is 0. The molecule has 3 aromatic rings. The molecule has 1 N–H and O–H groups in total. The number of anilines is 1. The van der Waals surface area contributed by atoms with Crippen LogP contribution in [0.1, 0.15) is 17.0 Å². The van der Waals surface area contributed by atoms with Crippen molar-refractivity contribution >= 4 is 28.0 Å². The number of aryl methyl sites for hydroxylation is 2. The number of imidazole rings is 1. The molecule has 1 amide bonds. The third-order valence-corrected chi connectivity index (χ3v) is 3.81. The van der Waals surface area contributed by atoms with Gasteiger partial charge in [-0.3, -0.25) is 4.79 Å². The molecule has 102 valence electrons. The van der Waals surface area contributed by atoms with Crippen molar-refractivity contribution < 1.29 is 4.79 Å². The molecule has 0 aliphatic carbocycles. The number of fused-ring (bicyclic) bond motifs is 1. The average molecular weight is 286 g/mol. The van der Waals surface area contributed by atoms with Gasteiger partial charge in [0.15, 0.2) is 5.13 Å². The molecule has 3 rings (SSSR count). The van der Waals surface area contributed by atoms with Crippen LogP contribution in [-0.4, -0.2) is 20.3 Å². The van der Waals surface area contributed by atoms with E-state index in [0.29, 0.717) is 5.13 Å². The van der Waals surface area contributed by atoms with Gasteiger partial charge in [0.1, 0.15) is 5.65 Å². The van der Waals surface area contributed by atoms with Crippen LogP contribution in [0.25, 0.3) is 5.65 Å². The Morgan fingerprint density at radius 3 is 2.95 bits per heavy atom. The van der Waals surface area contributed by atoms with Gasteiger partial charge in [-0.1, -0.05) is 6.07 Å². The highest BCUT2D eigenvalue weighted by Gasteiger charge is 2.10. The largest absolute Gasteiger partial charge is 0.307 e. The van der Waals surface area contributed by atoms with Crippen molar-refractivity contribution in [1.29, 1.82) is 0 Å². The summed E-state index contributed by atoms with van der Waals surface area (Å²) in [6, 6.07) is 3.97. The van der Waals surface area contributed by atoms with Gasteiger partial charge in [-0.2, -0.15) is 0 Å². The maximum absolute atomic E-state index is 12.0. The van der Waals surface area contributed by atoms with Gasteiger partial charge in [0.05, 0.1) is 17.8 Å². The zero-order valence-electron chi connectivity index (χ0n) is 11.3. The molecule has 0 saturated carbocycles. The monoisotopic (exact) mass is 286 g/mol. The maximum Gasteiger partial charge on any atom is 0.232 e. The van der Waals surface area contributed by atoms with E-state index in [0.717, 1.165) is 22.6 Å². The van der Waals surface area contributed by atoms with E-state index in [1.807, 2.05) is 48.2 Å². The lowest BCUT2D eigenvalue weighted by Crippen LogP contribution is -2.14. The molecule has 3 aromatic heterocycles. The Balaban J connectivity index is 1.75. The molecule has 20 heavy (non-hydrogen) atoms. The van der Waals surface area contributed by atoms with Gasteiger partial charge in [0.2, 0.25) is 5.91 Å². The highest BCUT2D eigenvalue weighted by molar-refractivity contribution is 7.13. The number of aromatic nitrogens is 3. The maximum atomic E-state index is 12.0. The second kappa shape index (κ2) is 5.05. The van der Waals surface area contributed by atoms with Crippen LogP contribution >= 0.6 is 11.3 Å². The van der Waals surface area contributed by atoms with E-state index in [-0.39, 0.29) is 12.3 Å². The van der Waals surface area contributed by atoms with Gasteiger partial charge >= 0.3 is 0 Å². The standard InChI is InChI=1S/C14H14N4OS/c1-9-4-3-5-18-7-11(16-13(9)18)6-12(19)17-14-15-10(2)8-20-14/h3-5,7-8H,6H2,1-2H3,(H,15,17,19). The van der Waals surface area contributed by atoms with E-state index in [1.165, 1.54) is 11.3 Å². The third-order valence-electron chi connectivity index (χ3n) is 2.93.